The van der Waals surface area contributed by atoms with E-state index in [2.05, 4.69) is 49.3 Å². The second-order valence-corrected chi connectivity index (χ2v) is 15.1. The monoisotopic (exact) mass is 764 g/mol. The maximum absolute atomic E-state index is 13.4. The van der Waals surface area contributed by atoms with Crippen LogP contribution in [0, 0.1) is 17.8 Å². The minimum absolute atomic E-state index is 0.0715. The zero-order valence-electron chi connectivity index (χ0n) is 26.3. The summed E-state index contributed by atoms with van der Waals surface area (Å²) < 4.78 is 7.16. The van der Waals surface area contributed by atoms with Gasteiger partial charge < -0.3 is 19.9 Å². The van der Waals surface area contributed by atoms with Gasteiger partial charge in [0.2, 0.25) is 5.91 Å². The molecular formula is C34H43Br2ClN4O4. The molecule has 2 atom stereocenters. The quantitative estimate of drug-likeness (QED) is 0.303. The number of likely N-dealkylation sites (tertiary alicyclic amines) is 2. The summed E-state index contributed by atoms with van der Waals surface area (Å²) in [5.74, 6) is 0.479. The van der Waals surface area contributed by atoms with E-state index in [9.17, 15) is 14.4 Å². The Morgan fingerprint density at radius 2 is 1.67 bits per heavy atom. The number of aryl methyl sites for hydroxylation is 2. The summed E-state index contributed by atoms with van der Waals surface area (Å²) in [6, 6.07) is 5.38. The molecule has 1 unspecified atom stereocenters. The molecule has 1 aromatic heterocycles. The number of fused-ring (bicyclic) bond motifs is 2. The van der Waals surface area contributed by atoms with Gasteiger partial charge in [0.05, 0.1) is 12.3 Å². The molecule has 3 heterocycles. The van der Waals surface area contributed by atoms with E-state index in [0.29, 0.717) is 25.4 Å². The van der Waals surface area contributed by atoms with Crippen LogP contribution in [-0.2, 0) is 27.2 Å². The van der Waals surface area contributed by atoms with Crippen LogP contribution in [0.5, 0.6) is 0 Å². The molecule has 0 bridgehead atoms. The third kappa shape index (κ3) is 8.04. The third-order valence-electron chi connectivity index (χ3n) is 9.63. The number of benzene rings is 1. The van der Waals surface area contributed by atoms with Gasteiger partial charge in [0.1, 0.15) is 6.04 Å². The SMILES string of the molecule is CCOC(=O)C(NC(=O)N1CCC(CC(=O)N2CCC([C@H]3c4ncc(Br)cc4CCc4cc(Cl)cc(Br)c43)CC2)CC1)C(C)C. The number of halogens is 3. The fraction of sp³-hybridized carbons (Fsp3) is 0.588. The molecule has 0 saturated carbocycles. The molecule has 0 radical (unpaired) electrons. The standard InChI is InChI=1S/C34H43Br2ClN4O4/c1-4-45-33(43)31(20(2)3)39-34(44)41-11-7-21(8-12-41)15-28(42)40-13-9-22(10-14-40)30-29-23(17-26(37)18-27(29)36)5-6-24-16-25(35)19-38-32(24)30/h16-22,30-31H,4-15H2,1-3H3,(H,39,44)/t30-,31?/m1/s1. The summed E-state index contributed by atoms with van der Waals surface area (Å²) >= 11 is 13.9. The highest BCUT2D eigenvalue weighted by Crippen LogP contribution is 2.46. The summed E-state index contributed by atoms with van der Waals surface area (Å²) in [4.78, 5) is 47.4. The van der Waals surface area contributed by atoms with Crippen LogP contribution in [0.3, 0.4) is 0 Å². The van der Waals surface area contributed by atoms with E-state index in [1.807, 2.05) is 31.0 Å². The van der Waals surface area contributed by atoms with Crippen molar-refractivity contribution in [2.24, 2.45) is 17.8 Å². The topological polar surface area (TPSA) is 91.8 Å². The minimum atomic E-state index is -0.670. The molecule has 244 valence electrons. The van der Waals surface area contributed by atoms with Gasteiger partial charge in [0.25, 0.3) is 0 Å². The number of pyridine rings is 1. The van der Waals surface area contributed by atoms with Crippen LogP contribution >= 0.6 is 43.5 Å². The number of urea groups is 1. The number of aromatic nitrogens is 1. The van der Waals surface area contributed by atoms with Crippen LogP contribution < -0.4 is 5.32 Å². The van der Waals surface area contributed by atoms with Crippen molar-refractivity contribution in [1.29, 1.82) is 0 Å². The first-order chi connectivity index (χ1) is 21.5. The number of carbonyl (C=O) groups is 3. The van der Waals surface area contributed by atoms with Crippen LogP contribution in [0.15, 0.2) is 33.3 Å². The number of carbonyl (C=O) groups excluding carboxylic acids is 3. The fourth-order valence-electron chi connectivity index (χ4n) is 7.18. The first-order valence-corrected chi connectivity index (χ1v) is 18.1. The van der Waals surface area contributed by atoms with Crippen molar-refractivity contribution >= 4 is 61.4 Å². The van der Waals surface area contributed by atoms with Crippen LogP contribution in [0.4, 0.5) is 4.79 Å². The van der Waals surface area contributed by atoms with E-state index < -0.39 is 12.0 Å². The fourth-order valence-corrected chi connectivity index (χ4v) is 8.68. The van der Waals surface area contributed by atoms with E-state index >= 15 is 0 Å². The first-order valence-electron chi connectivity index (χ1n) is 16.2. The van der Waals surface area contributed by atoms with Gasteiger partial charge >= 0.3 is 12.0 Å². The van der Waals surface area contributed by atoms with E-state index in [0.717, 1.165) is 71.3 Å². The average Bonchev–Trinajstić information content (AvgIpc) is 3.16. The number of esters is 1. The molecule has 1 aliphatic carbocycles. The first kappa shape index (κ1) is 34.2. The summed E-state index contributed by atoms with van der Waals surface area (Å²) in [7, 11) is 0. The lowest BCUT2D eigenvalue weighted by atomic mass is 9.76. The summed E-state index contributed by atoms with van der Waals surface area (Å²) in [6.07, 6.45) is 7.61. The molecule has 0 spiro atoms. The van der Waals surface area contributed by atoms with Crippen LogP contribution in [0.25, 0.3) is 0 Å². The maximum Gasteiger partial charge on any atom is 0.328 e. The molecule has 3 aliphatic rings. The molecule has 8 nitrogen and oxygen atoms in total. The number of hydrogen-bond donors (Lipinski definition) is 1. The van der Waals surface area contributed by atoms with Crippen molar-refractivity contribution < 1.29 is 19.1 Å². The largest absolute Gasteiger partial charge is 0.464 e. The Bertz CT molecular complexity index is 1410. The highest BCUT2D eigenvalue weighted by atomic mass is 79.9. The number of rotatable bonds is 7. The van der Waals surface area contributed by atoms with Gasteiger partial charge in [-0.1, -0.05) is 41.4 Å². The molecule has 2 aromatic rings. The highest BCUT2D eigenvalue weighted by molar-refractivity contribution is 9.10. The molecule has 5 rings (SSSR count). The second-order valence-electron chi connectivity index (χ2n) is 12.9. The Morgan fingerprint density at radius 3 is 2.33 bits per heavy atom. The van der Waals surface area contributed by atoms with Gasteiger partial charge in [-0.3, -0.25) is 9.78 Å². The minimum Gasteiger partial charge on any atom is -0.464 e. The van der Waals surface area contributed by atoms with Crippen LogP contribution in [-0.4, -0.2) is 71.5 Å². The Morgan fingerprint density at radius 1 is 1.00 bits per heavy atom. The van der Waals surface area contributed by atoms with Crippen LogP contribution in [0.1, 0.15) is 81.2 Å². The van der Waals surface area contributed by atoms with Gasteiger partial charge in [-0.15, -0.1) is 0 Å². The van der Waals surface area contributed by atoms with Gasteiger partial charge in [-0.2, -0.15) is 0 Å². The van der Waals surface area contributed by atoms with Gasteiger partial charge in [-0.05, 0) is 114 Å². The van der Waals surface area contributed by atoms with Crippen molar-refractivity contribution in [2.45, 2.75) is 77.7 Å². The van der Waals surface area contributed by atoms with E-state index in [1.165, 1.54) is 16.7 Å². The molecule has 2 fully saturated rings. The Labute approximate surface area is 288 Å². The lowest BCUT2D eigenvalue weighted by Crippen LogP contribution is -2.52. The normalized spacial score (nSPS) is 19.8. The predicted molar refractivity (Wildman–Crippen MR) is 182 cm³/mol. The van der Waals surface area contributed by atoms with Gasteiger partial charge in [0, 0.05) is 58.7 Å². The zero-order valence-corrected chi connectivity index (χ0v) is 30.2. The third-order valence-corrected chi connectivity index (χ3v) is 10.9. The second kappa shape index (κ2) is 15.2. The number of nitrogens with one attached hydrogen (secondary N) is 1. The Hall–Kier alpha value is -2.17. The lowest BCUT2D eigenvalue weighted by molar-refractivity contribution is -0.146. The van der Waals surface area contributed by atoms with Gasteiger partial charge in [0.15, 0.2) is 0 Å². The van der Waals surface area contributed by atoms with Crippen molar-refractivity contribution in [3.63, 3.8) is 0 Å². The predicted octanol–water partition coefficient (Wildman–Crippen LogP) is 7.13. The molecule has 11 heteroatoms. The zero-order chi connectivity index (χ0) is 32.2. The highest BCUT2D eigenvalue weighted by Gasteiger charge is 2.37. The van der Waals surface area contributed by atoms with Crippen molar-refractivity contribution in [3.8, 4) is 0 Å². The summed E-state index contributed by atoms with van der Waals surface area (Å²) in [6.45, 7) is 8.43. The molecule has 1 aromatic carbocycles. The number of ether oxygens (including phenoxy) is 1. The molecule has 2 aliphatic heterocycles. The number of amides is 3. The number of hydrogen-bond acceptors (Lipinski definition) is 5. The van der Waals surface area contributed by atoms with E-state index in [4.69, 9.17) is 21.3 Å². The van der Waals surface area contributed by atoms with Gasteiger partial charge in [-0.25, -0.2) is 9.59 Å². The molecule has 45 heavy (non-hydrogen) atoms. The molecule has 3 amide bonds. The Balaban J connectivity index is 1.17. The van der Waals surface area contributed by atoms with Crippen molar-refractivity contribution in [2.75, 3.05) is 32.8 Å². The lowest BCUT2D eigenvalue weighted by Gasteiger charge is -2.38. The van der Waals surface area contributed by atoms with Crippen molar-refractivity contribution in [1.82, 2.24) is 20.1 Å². The van der Waals surface area contributed by atoms with Crippen LogP contribution in [0.2, 0.25) is 5.02 Å². The maximum atomic E-state index is 13.4. The van der Waals surface area contributed by atoms with Crippen molar-refractivity contribution in [3.05, 3.63) is 60.7 Å². The van der Waals surface area contributed by atoms with E-state index in [-0.39, 0.29) is 36.3 Å². The molecule has 1 N–H and O–H groups in total. The summed E-state index contributed by atoms with van der Waals surface area (Å²) in [5.41, 5.74) is 4.97. The summed E-state index contributed by atoms with van der Waals surface area (Å²) in [5, 5.41) is 3.59. The Kier molecular flexibility index (Phi) is 11.5. The average molecular weight is 767 g/mol. The smallest absolute Gasteiger partial charge is 0.328 e. The number of nitrogens with zero attached hydrogens (tertiary/aromatic N) is 3. The molecule has 2 saturated heterocycles. The molecular weight excluding hydrogens is 724 g/mol. The number of piperidine rings is 2. The van der Waals surface area contributed by atoms with E-state index in [1.54, 1.807) is 11.8 Å².